The molecule has 2 N–H and O–H groups in total. The van der Waals surface area contributed by atoms with Crippen LogP contribution >= 0.6 is 0 Å². The Morgan fingerprint density at radius 2 is 2.35 bits per heavy atom. The van der Waals surface area contributed by atoms with E-state index in [2.05, 4.69) is 22.2 Å². The van der Waals surface area contributed by atoms with Gasteiger partial charge in [-0.1, -0.05) is 13.3 Å². The van der Waals surface area contributed by atoms with Crippen molar-refractivity contribution in [3.05, 3.63) is 18.6 Å². The van der Waals surface area contributed by atoms with Crippen molar-refractivity contribution in [2.24, 2.45) is 5.92 Å². The smallest absolute Gasteiger partial charge is 0.303 e. The third-order valence-corrected chi connectivity index (χ3v) is 2.78. The Morgan fingerprint density at radius 3 is 2.94 bits per heavy atom. The van der Waals surface area contributed by atoms with Gasteiger partial charge in [0.1, 0.15) is 12.1 Å². The molecule has 5 nitrogen and oxygen atoms in total. The zero-order valence-corrected chi connectivity index (χ0v) is 10.1. The number of aromatic nitrogens is 2. The van der Waals surface area contributed by atoms with Gasteiger partial charge >= 0.3 is 5.97 Å². The minimum Gasteiger partial charge on any atom is -0.481 e. The maximum Gasteiger partial charge on any atom is 0.303 e. The van der Waals surface area contributed by atoms with E-state index >= 15 is 0 Å². The lowest BCUT2D eigenvalue weighted by Gasteiger charge is -2.14. The third kappa shape index (κ3) is 5.85. The van der Waals surface area contributed by atoms with Crippen molar-refractivity contribution in [1.82, 2.24) is 9.97 Å². The van der Waals surface area contributed by atoms with Crippen molar-refractivity contribution in [1.29, 1.82) is 0 Å². The van der Waals surface area contributed by atoms with E-state index in [1.165, 1.54) is 6.33 Å². The Balaban J connectivity index is 2.21. The SMILES string of the molecule is CCC(CCNc1ccncn1)CCC(=O)O. The number of hydrogen-bond donors (Lipinski definition) is 2. The number of anilines is 1. The second-order valence-corrected chi connectivity index (χ2v) is 4.02. The minimum atomic E-state index is -0.716. The van der Waals surface area contributed by atoms with Crippen molar-refractivity contribution >= 4 is 11.8 Å². The molecule has 5 heteroatoms. The molecule has 0 spiro atoms. The van der Waals surface area contributed by atoms with Gasteiger partial charge < -0.3 is 10.4 Å². The molecular formula is C12H19N3O2. The van der Waals surface area contributed by atoms with Gasteiger partial charge in [0.15, 0.2) is 0 Å². The summed E-state index contributed by atoms with van der Waals surface area (Å²) in [4.78, 5) is 18.4. The number of carboxylic acid groups (broad SMARTS) is 1. The van der Waals surface area contributed by atoms with E-state index in [0.717, 1.165) is 31.6 Å². The van der Waals surface area contributed by atoms with Crippen LogP contribution in [0.4, 0.5) is 5.82 Å². The van der Waals surface area contributed by atoms with Gasteiger partial charge in [0, 0.05) is 19.2 Å². The van der Waals surface area contributed by atoms with E-state index in [1.54, 1.807) is 6.20 Å². The van der Waals surface area contributed by atoms with Crippen LogP contribution in [0.1, 0.15) is 32.6 Å². The fraction of sp³-hybridized carbons (Fsp3) is 0.583. The van der Waals surface area contributed by atoms with Crippen LogP contribution in [0, 0.1) is 5.92 Å². The lowest BCUT2D eigenvalue weighted by atomic mass is 9.97. The maximum absolute atomic E-state index is 10.5. The second kappa shape index (κ2) is 7.60. The topological polar surface area (TPSA) is 75.1 Å². The van der Waals surface area contributed by atoms with Crippen LogP contribution in [0.2, 0.25) is 0 Å². The molecular weight excluding hydrogens is 218 g/mol. The van der Waals surface area contributed by atoms with Gasteiger partial charge in [0.25, 0.3) is 0 Å². The predicted molar refractivity (Wildman–Crippen MR) is 65.8 cm³/mol. The standard InChI is InChI=1S/C12H19N3O2/c1-2-10(3-4-12(16)17)5-8-14-11-6-7-13-9-15-11/h6-7,9-10H,2-5,8H2,1H3,(H,16,17)(H,13,14,15). The highest BCUT2D eigenvalue weighted by molar-refractivity contribution is 5.66. The molecule has 1 heterocycles. The molecule has 1 atom stereocenters. The Morgan fingerprint density at radius 1 is 1.53 bits per heavy atom. The first-order valence-electron chi connectivity index (χ1n) is 5.94. The van der Waals surface area contributed by atoms with Crippen molar-refractivity contribution in [3.63, 3.8) is 0 Å². The normalized spacial score (nSPS) is 12.1. The quantitative estimate of drug-likeness (QED) is 0.724. The summed E-state index contributed by atoms with van der Waals surface area (Å²) in [6.07, 6.45) is 6.18. The summed E-state index contributed by atoms with van der Waals surface area (Å²) in [5, 5.41) is 11.8. The fourth-order valence-electron chi connectivity index (χ4n) is 1.68. The van der Waals surface area contributed by atoms with E-state index < -0.39 is 5.97 Å². The summed E-state index contributed by atoms with van der Waals surface area (Å²) >= 11 is 0. The fourth-order valence-corrected chi connectivity index (χ4v) is 1.68. The summed E-state index contributed by atoms with van der Waals surface area (Å²) in [7, 11) is 0. The molecule has 0 fully saturated rings. The van der Waals surface area contributed by atoms with Crippen LogP contribution in [-0.4, -0.2) is 27.6 Å². The number of rotatable bonds is 8. The number of carbonyl (C=O) groups is 1. The molecule has 94 valence electrons. The summed E-state index contributed by atoms with van der Waals surface area (Å²) in [5.74, 6) is 0.556. The Bertz CT molecular complexity index is 330. The second-order valence-electron chi connectivity index (χ2n) is 4.02. The third-order valence-electron chi connectivity index (χ3n) is 2.78. The highest BCUT2D eigenvalue weighted by Crippen LogP contribution is 2.15. The van der Waals surface area contributed by atoms with Crippen LogP contribution in [0.3, 0.4) is 0 Å². The van der Waals surface area contributed by atoms with Gasteiger partial charge in [-0.15, -0.1) is 0 Å². The minimum absolute atomic E-state index is 0.256. The van der Waals surface area contributed by atoms with E-state index in [4.69, 9.17) is 5.11 Å². The summed E-state index contributed by atoms with van der Waals surface area (Å²) in [6.45, 7) is 2.91. The summed E-state index contributed by atoms with van der Waals surface area (Å²) in [5.41, 5.74) is 0. The van der Waals surface area contributed by atoms with Crippen molar-refractivity contribution < 1.29 is 9.90 Å². The Kier molecular flexibility index (Phi) is 5.99. The highest BCUT2D eigenvalue weighted by atomic mass is 16.4. The highest BCUT2D eigenvalue weighted by Gasteiger charge is 2.08. The zero-order chi connectivity index (χ0) is 12.5. The molecule has 17 heavy (non-hydrogen) atoms. The monoisotopic (exact) mass is 237 g/mol. The number of hydrogen-bond acceptors (Lipinski definition) is 4. The molecule has 0 amide bonds. The van der Waals surface area contributed by atoms with E-state index in [1.807, 2.05) is 6.07 Å². The Labute approximate surface area is 101 Å². The largest absolute Gasteiger partial charge is 0.481 e. The molecule has 0 saturated carbocycles. The first-order chi connectivity index (χ1) is 8.22. The average Bonchev–Trinajstić information content (AvgIpc) is 2.34. The van der Waals surface area contributed by atoms with Crippen LogP contribution in [-0.2, 0) is 4.79 Å². The van der Waals surface area contributed by atoms with Gasteiger partial charge in [-0.25, -0.2) is 9.97 Å². The first kappa shape index (κ1) is 13.4. The van der Waals surface area contributed by atoms with Crippen molar-refractivity contribution in [2.75, 3.05) is 11.9 Å². The molecule has 1 aromatic rings. The average molecular weight is 237 g/mol. The molecule has 0 bridgehead atoms. The van der Waals surface area contributed by atoms with Gasteiger partial charge in [0.2, 0.25) is 0 Å². The van der Waals surface area contributed by atoms with Crippen LogP contribution < -0.4 is 5.32 Å². The molecule has 0 aromatic carbocycles. The zero-order valence-electron chi connectivity index (χ0n) is 10.1. The van der Waals surface area contributed by atoms with E-state index in [0.29, 0.717) is 5.92 Å². The van der Waals surface area contributed by atoms with Gasteiger partial charge in [-0.2, -0.15) is 0 Å². The van der Waals surface area contributed by atoms with Crippen LogP contribution in [0.5, 0.6) is 0 Å². The van der Waals surface area contributed by atoms with Crippen molar-refractivity contribution in [2.45, 2.75) is 32.6 Å². The number of nitrogens with one attached hydrogen (secondary N) is 1. The molecule has 1 unspecified atom stereocenters. The molecule has 1 rings (SSSR count). The van der Waals surface area contributed by atoms with Crippen molar-refractivity contribution in [3.8, 4) is 0 Å². The van der Waals surface area contributed by atoms with E-state index in [-0.39, 0.29) is 6.42 Å². The molecule has 0 aliphatic heterocycles. The number of carboxylic acids is 1. The number of aliphatic carboxylic acids is 1. The molecule has 1 aromatic heterocycles. The summed E-state index contributed by atoms with van der Waals surface area (Å²) < 4.78 is 0. The lowest BCUT2D eigenvalue weighted by Crippen LogP contribution is -2.11. The lowest BCUT2D eigenvalue weighted by molar-refractivity contribution is -0.137. The molecule has 0 aliphatic carbocycles. The molecule has 0 radical (unpaired) electrons. The van der Waals surface area contributed by atoms with Crippen LogP contribution in [0.15, 0.2) is 18.6 Å². The number of nitrogens with zero attached hydrogens (tertiary/aromatic N) is 2. The molecule has 0 saturated heterocycles. The van der Waals surface area contributed by atoms with Gasteiger partial charge in [0.05, 0.1) is 0 Å². The molecule has 0 aliphatic rings. The van der Waals surface area contributed by atoms with Crippen LogP contribution in [0.25, 0.3) is 0 Å². The summed E-state index contributed by atoms with van der Waals surface area (Å²) in [6, 6.07) is 1.82. The predicted octanol–water partition coefficient (Wildman–Crippen LogP) is 2.17. The Hall–Kier alpha value is -1.65. The van der Waals surface area contributed by atoms with Gasteiger partial charge in [-0.05, 0) is 24.8 Å². The maximum atomic E-state index is 10.5. The van der Waals surface area contributed by atoms with Gasteiger partial charge in [-0.3, -0.25) is 4.79 Å². The first-order valence-corrected chi connectivity index (χ1v) is 5.94. The van der Waals surface area contributed by atoms with E-state index in [9.17, 15) is 4.79 Å².